The zero-order chi connectivity index (χ0) is 53.2. The minimum Gasteiger partial charge on any atom is -0.368 e. The largest absolute Gasteiger partial charge is 0.368 e. The van der Waals surface area contributed by atoms with Crippen molar-refractivity contribution in [2.75, 3.05) is 19.3 Å². The van der Waals surface area contributed by atoms with Crippen LogP contribution in [0.2, 0.25) is 0 Å². The molecule has 0 heterocycles. The van der Waals surface area contributed by atoms with Crippen LogP contribution in [0.15, 0.2) is 206 Å². The van der Waals surface area contributed by atoms with Gasteiger partial charge in [-0.05, 0) is 150 Å². The summed E-state index contributed by atoms with van der Waals surface area (Å²) in [6.45, 7) is 1.66. The fourth-order valence-corrected chi connectivity index (χ4v) is 15.5. The number of primary amides is 1. The highest BCUT2D eigenvalue weighted by molar-refractivity contribution is 7.95. The van der Waals surface area contributed by atoms with Crippen molar-refractivity contribution in [2.24, 2.45) is 5.73 Å². The highest BCUT2D eigenvalue weighted by Crippen LogP contribution is 2.56. The molecular weight excluding hydrogens is 970 g/mol. The van der Waals surface area contributed by atoms with Crippen molar-refractivity contribution in [3.63, 3.8) is 0 Å². The first-order valence-corrected chi connectivity index (χ1v) is 29.4. The van der Waals surface area contributed by atoms with Gasteiger partial charge < -0.3 is 27.0 Å². The quantitative estimate of drug-likeness (QED) is 0.0189. The Morgan fingerprint density at radius 1 is 0.429 bits per heavy atom. The van der Waals surface area contributed by atoms with Gasteiger partial charge in [0.15, 0.2) is 0 Å². The third-order valence-corrected chi connectivity index (χ3v) is 19.5. The Hall–Kier alpha value is -7.71. The van der Waals surface area contributed by atoms with Crippen molar-refractivity contribution in [2.45, 2.75) is 88.8 Å². The van der Waals surface area contributed by atoms with E-state index >= 15 is 0 Å². The van der Waals surface area contributed by atoms with E-state index < -0.39 is 43.1 Å². The Morgan fingerprint density at radius 3 is 1.44 bits per heavy atom. The fraction of sp³-hybridized carbons (Fsp3) is 0.254. The maximum absolute atomic E-state index is 14.4. The van der Waals surface area contributed by atoms with Crippen LogP contribution in [0.3, 0.4) is 0 Å². The van der Waals surface area contributed by atoms with E-state index in [2.05, 4.69) is 167 Å². The van der Waals surface area contributed by atoms with Gasteiger partial charge in [-0.15, -0.1) is 0 Å². The first-order valence-electron chi connectivity index (χ1n) is 27.4. The lowest BCUT2D eigenvalue weighted by Gasteiger charge is -2.27. The molecule has 9 nitrogen and oxygen atoms in total. The summed E-state index contributed by atoms with van der Waals surface area (Å²) in [5.74, 6) is -1.88. The number of rotatable bonds is 28. The third kappa shape index (κ3) is 13.8. The van der Waals surface area contributed by atoms with E-state index in [0.29, 0.717) is 25.7 Å². The third-order valence-electron chi connectivity index (χ3n) is 15.0. The number of unbranched alkanes of at least 4 members (excludes halogenated alkanes) is 3. The molecule has 77 heavy (non-hydrogen) atoms. The second kappa shape index (κ2) is 26.9. The lowest BCUT2D eigenvalue weighted by atomic mass is 9.90. The summed E-state index contributed by atoms with van der Waals surface area (Å²) in [5, 5.41) is 24.0. The summed E-state index contributed by atoms with van der Waals surface area (Å²) in [6, 6.07) is 68.5. The molecule has 0 bridgehead atoms. The van der Waals surface area contributed by atoms with Gasteiger partial charge in [0.1, 0.15) is 41.3 Å². The molecule has 3 atom stereocenters. The second-order valence-corrected chi connectivity index (χ2v) is 23.9. The van der Waals surface area contributed by atoms with E-state index in [-0.39, 0.29) is 25.2 Å². The van der Waals surface area contributed by atoms with Crippen molar-refractivity contribution < 1.29 is 19.2 Å². The lowest BCUT2D eigenvalue weighted by molar-refractivity contribution is -0.133. The number of nitrogens with one attached hydrogen (secondary N) is 4. The van der Waals surface area contributed by atoms with Gasteiger partial charge in [-0.3, -0.25) is 19.2 Å². The molecular formula is C67H71N5O4P+. The summed E-state index contributed by atoms with van der Waals surface area (Å²) in [4.78, 5) is 55.2. The molecule has 0 aliphatic carbocycles. The molecule has 9 aromatic carbocycles. The Bertz CT molecular complexity index is 3210. The van der Waals surface area contributed by atoms with E-state index in [9.17, 15) is 19.2 Å². The van der Waals surface area contributed by atoms with Crippen molar-refractivity contribution in [3.05, 3.63) is 223 Å². The monoisotopic (exact) mass is 1040 g/mol. The molecule has 0 aliphatic heterocycles. The van der Waals surface area contributed by atoms with Gasteiger partial charge in [0, 0.05) is 19.3 Å². The average molecular weight is 1040 g/mol. The molecule has 10 heteroatoms. The van der Waals surface area contributed by atoms with Crippen molar-refractivity contribution >= 4 is 79.1 Å². The number of benzene rings is 9. The van der Waals surface area contributed by atoms with Crippen LogP contribution in [-0.2, 0) is 38.4 Å². The number of hydrogen-bond acceptors (Lipinski definition) is 5. The summed E-state index contributed by atoms with van der Waals surface area (Å²) < 4.78 is 0. The molecule has 0 spiro atoms. The van der Waals surface area contributed by atoms with E-state index in [1.165, 1.54) is 53.8 Å². The Labute approximate surface area is 454 Å². The van der Waals surface area contributed by atoms with Crippen LogP contribution in [-0.4, -0.2) is 61.0 Å². The van der Waals surface area contributed by atoms with E-state index in [1.54, 1.807) is 0 Å². The van der Waals surface area contributed by atoms with Crippen LogP contribution in [0.5, 0.6) is 0 Å². The molecule has 0 fully saturated rings. The van der Waals surface area contributed by atoms with E-state index in [4.69, 9.17) is 5.73 Å². The Morgan fingerprint density at radius 2 is 0.896 bits per heavy atom. The predicted molar refractivity (Wildman–Crippen MR) is 319 cm³/mol. The predicted octanol–water partition coefficient (Wildman–Crippen LogP) is 10.3. The second-order valence-electron chi connectivity index (χ2n) is 20.3. The molecule has 0 radical (unpaired) electrons. The summed E-state index contributed by atoms with van der Waals surface area (Å²) in [6.07, 6.45) is 8.06. The summed E-state index contributed by atoms with van der Waals surface area (Å²) in [7, 11) is -1.85. The molecule has 0 unspecified atom stereocenters. The lowest BCUT2D eigenvalue weighted by Crippen LogP contribution is -2.57. The number of aryl methyl sites for hydroxylation is 1. The van der Waals surface area contributed by atoms with Crippen molar-refractivity contribution in [3.8, 4) is 0 Å². The van der Waals surface area contributed by atoms with Gasteiger partial charge in [-0.1, -0.05) is 170 Å². The van der Waals surface area contributed by atoms with Crippen molar-refractivity contribution in [1.29, 1.82) is 0 Å². The molecule has 4 amide bonds. The molecule has 6 N–H and O–H groups in total. The van der Waals surface area contributed by atoms with Crippen molar-refractivity contribution in [1.82, 2.24) is 21.3 Å². The molecule has 0 aliphatic rings. The Balaban J connectivity index is 0.772. The van der Waals surface area contributed by atoms with Gasteiger partial charge in [-0.25, -0.2) is 0 Å². The van der Waals surface area contributed by atoms with Gasteiger partial charge in [0.25, 0.3) is 0 Å². The molecule has 0 saturated heterocycles. The van der Waals surface area contributed by atoms with E-state index in [0.717, 1.165) is 56.1 Å². The maximum Gasteiger partial charge on any atom is 0.243 e. The van der Waals surface area contributed by atoms with E-state index in [1.807, 2.05) is 60.7 Å². The maximum atomic E-state index is 14.4. The minimum atomic E-state index is -1.85. The topological polar surface area (TPSA) is 142 Å². The van der Waals surface area contributed by atoms with Gasteiger partial charge in [0.2, 0.25) is 23.6 Å². The zero-order valence-corrected chi connectivity index (χ0v) is 44.8. The normalized spacial score (nSPS) is 12.8. The van der Waals surface area contributed by atoms with Gasteiger partial charge >= 0.3 is 0 Å². The summed E-state index contributed by atoms with van der Waals surface area (Å²) >= 11 is 0. The zero-order valence-electron chi connectivity index (χ0n) is 43.9. The standard InChI is InChI=1S/C67H70N5O4P/c68-65(74)59(36-17-19-45-69-44-18-6-20-46-77(55-30-11-3-12-31-55,56-32-13-4-14-33-56)57-34-15-5-16-35-57)71-67(76)61(48-50-25-9-2-10-26-50)72-66(75)60(47-49-23-7-1-8-24-49)70-62(73)37-22-27-51-38-39-54-41-40-52-28-21-29-53-42-43-58(51)64(54)63(52)53/h1-5,7-16,21,23-26,28-35,38-43,59-61,69H,6,17-20,22,27,36-37,44-48H2,(H4-,68,70,71,72,73,74,75,76)/p+1/t59-,60-,61-/m0/s1. The molecule has 9 aromatic rings. The minimum absolute atomic E-state index is 0.173. The van der Waals surface area contributed by atoms with Crippen LogP contribution >= 0.6 is 7.26 Å². The van der Waals surface area contributed by atoms with Crippen LogP contribution in [0.4, 0.5) is 0 Å². The molecule has 9 rings (SSSR count). The Kier molecular flexibility index (Phi) is 18.9. The smallest absolute Gasteiger partial charge is 0.243 e. The molecule has 0 aromatic heterocycles. The fourth-order valence-electron chi connectivity index (χ4n) is 11.0. The number of carbonyl (C=O) groups excluding carboxylic acids is 4. The average Bonchev–Trinajstić information content (AvgIpc) is 3.58. The number of nitrogens with two attached hydrogens (primary N) is 1. The van der Waals surface area contributed by atoms with Gasteiger partial charge in [0.05, 0.1) is 6.16 Å². The summed E-state index contributed by atoms with van der Waals surface area (Å²) in [5.41, 5.74) is 8.78. The van der Waals surface area contributed by atoms with Crippen LogP contribution in [0, 0.1) is 0 Å². The highest BCUT2D eigenvalue weighted by atomic mass is 31.2. The van der Waals surface area contributed by atoms with Gasteiger partial charge in [-0.2, -0.15) is 0 Å². The first kappa shape index (κ1) is 54.1. The number of hydrogen-bond donors (Lipinski definition) is 5. The first-order chi connectivity index (χ1) is 37.8. The SMILES string of the molecule is NC(=O)[C@H](CCCCNCCCCC[P+](c1ccccc1)(c1ccccc1)c1ccccc1)NC(=O)[C@H](Cc1ccccc1)NC(=O)[C@H](Cc1ccccc1)NC(=O)CCCc1ccc2ccc3cccc4ccc1c2c34. The molecule has 0 saturated carbocycles. The number of amides is 4. The molecule has 392 valence electrons. The van der Waals surface area contributed by atoms with Crippen LogP contribution in [0.25, 0.3) is 32.3 Å². The highest BCUT2D eigenvalue weighted by Gasteiger charge is 2.44. The van der Waals surface area contributed by atoms with Crippen LogP contribution < -0.4 is 42.9 Å². The van der Waals surface area contributed by atoms with Crippen LogP contribution in [0.1, 0.15) is 68.1 Å². The number of carbonyl (C=O) groups is 4.